The normalized spacial score (nSPS) is 15.1. The number of benzene rings is 1. The molecule has 0 unspecified atom stereocenters. The van der Waals surface area contributed by atoms with Crippen molar-refractivity contribution in [2.75, 3.05) is 39.3 Å². The lowest BCUT2D eigenvalue weighted by molar-refractivity contribution is 0.0946. The zero-order valence-electron chi connectivity index (χ0n) is 12.8. The Balaban J connectivity index is 0.00000192. The van der Waals surface area contributed by atoms with Crippen molar-refractivity contribution in [2.45, 2.75) is 0 Å². The van der Waals surface area contributed by atoms with Crippen LogP contribution in [0, 0.1) is 0 Å². The zero-order valence-corrected chi connectivity index (χ0v) is 13.6. The molecule has 0 spiro atoms. The second kappa shape index (κ2) is 8.10. The number of H-pyrrole nitrogens is 1. The number of rotatable bonds is 4. The maximum atomic E-state index is 12.2. The monoisotopic (exact) mass is 336 g/mol. The molecule has 6 nitrogen and oxygen atoms in total. The molecule has 124 valence electrons. The molecule has 1 aliphatic rings. The molecular formula is C16H21ClN4O2. The fourth-order valence-electron chi connectivity index (χ4n) is 2.67. The molecule has 3 rings (SSSR count). The first kappa shape index (κ1) is 17.5. The molecule has 1 amide bonds. The maximum Gasteiger partial charge on any atom is 0.261 e. The van der Waals surface area contributed by atoms with E-state index < -0.39 is 0 Å². The first-order chi connectivity index (χ1) is 10.7. The fourth-order valence-corrected chi connectivity index (χ4v) is 2.67. The van der Waals surface area contributed by atoms with Gasteiger partial charge in [-0.05, 0) is 17.5 Å². The summed E-state index contributed by atoms with van der Waals surface area (Å²) in [4.78, 5) is 29.2. The zero-order chi connectivity index (χ0) is 15.4. The Morgan fingerprint density at radius 3 is 2.74 bits per heavy atom. The van der Waals surface area contributed by atoms with Crippen LogP contribution in [0.2, 0.25) is 0 Å². The molecule has 2 aromatic rings. The van der Waals surface area contributed by atoms with Crippen molar-refractivity contribution in [1.82, 2.24) is 20.5 Å². The van der Waals surface area contributed by atoms with Crippen molar-refractivity contribution in [1.29, 1.82) is 0 Å². The van der Waals surface area contributed by atoms with E-state index in [0.29, 0.717) is 6.54 Å². The summed E-state index contributed by atoms with van der Waals surface area (Å²) in [6.07, 6.45) is 0. The van der Waals surface area contributed by atoms with E-state index in [1.165, 1.54) is 0 Å². The number of nitrogens with zero attached hydrogens (tertiary/aromatic N) is 1. The molecule has 1 aromatic carbocycles. The van der Waals surface area contributed by atoms with Gasteiger partial charge in [0.1, 0.15) is 5.56 Å². The molecule has 23 heavy (non-hydrogen) atoms. The number of carbonyl (C=O) groups excluding carboxylic acids is 1. The Labute approximate surface area is 140 Å². The van der Waals surface area contributed by atoms with Gasteiger partial charge in [0.15, 0.2) is 0 Å². The maximum absolute atomic E-state index is 12.2. The predicted octanol–water partition coefficient (Wildman–Crippen LogP) is 0.585. The van der Waals surface area contributed by atoms with Gasteiger partial charge in [0.2, 0.25) is 0 Å². The standard InChI is InChI=1S/C16H20N4O2.ClH/c21-15(18-7-10-20-8-5-17-6-9-20)13-11-12-3-1-2-4-14(12)19-16(13)22;/h1-4,11,17H,5-10H2,(H,18,21)(H,19,22);1H. The van der Waals surface area contributed by atoms with Crippen LogP contribution in [0.1, 0.15) is 10.4 Å². The molecule has 1 aromatic heterocycles. The first-order valence-electron chi connectivity index (χ1n) is 7.57. The van der Waals surface area contributed by atoms with Crippen LogP contribution < -0.4 is 16.2 Å². The first-order valence-corrected chi connectivity index (χ1v) is 7.57. The van der Waals surface area contributed by atoms with Crippen LogP contribution in [-0.2, 0) is 0 Å². The van der Waals surface area contributed by atoms with E-state index in [4.69, 9.17) is 0 Å². The number of amides is 1. The molecule has 1 saturated heterocycles. The second-order valence-electron chi connectivity index (χ2n) is 5.45. The number of aromatic nitrogens is 1. The molecule has 0 bridgehead atoms. The van der Waals surface area contributed by atoms with Gasteiger partial charge in [0.05, 0.1) is 0 Å². The molecule has 0 radical (unpaired) electrons. The lowest BCUT2D eigenvalue weighted by Crippen LogP contribution is -2.46. The van der Waals surface area contributed by atoms with E-state index in [2.05, 4.69) is 20.5 Å². The third kappa shape index (κ3) is 4.31. The Morgan fingerprint density at radius 1 is 1.22 bits per heavy atom. The van der Waals surface area contributed by atoms with Gasteiger partial charge >= 0.3 is 0 Å². The van der Waals surface area contributed by atoms with Crippen molar-refractivity contribution in [3.8, 4) is 0 Å². The van der Waals surface area contributed by atoms with Crippen LogP contribution in [0.15, 0.2) is 35.1 Å². The van der Waals surface area contributed by atoms with Gasteiger partial charge in [-0.25, -0.2) is 0 Å². The minimum absolute atomic E-state index is 0. The van der Waals surface area contributed by atoms with Crippen molar-refractivity contribution < 1.29 is 4.79 Å². The SMILES string of the molecule is Cl.O=C(NCCN1CCNCC1)c1cc2ccccc2[nH]c1=O. The third-order valence-corrected chi connectivity index (χ3v) is 3.92. The van der Waals surface area contributed by atoms with Crippen LogP contribution in [0.4, 0.5) is 0 Å². The van der Waals surface area contributed by atoms with Gasteiger partial charge in [-0.2, -0.15) is 0 Å². The van der Waals surface area contributed by atoms with E-state index in [0.717, 1.165) is 43.6 Å². The molecular weight excluding hydrogens is 316 g/mol. The van der Waals surface area contributed by atoms with Crippen LogP contribution in [0.25, 0.3) is 10.9 Å². The van der Waals surface area contributed by atoms with Gasteiger partial charge in [-0.15, -0.1) is 12.4 Å². The largest absolute Gasteiger partial charge is 0.351 e. The van der Waals surface area contributed by atoms with Crippen LogP contribution in [0.3, 0.4) is 0 Å². The minimum Gasteiger partial charge on any atom is -0.351 e. The number of fused-ring (bicyclic) bond motifs is 1. The van der Waals surface area contributed by atoms with Crippen molar-refractivity contribution in [3.05, 3.63) is 46.2 Å². The highest BCUT2D eigenvalue weighted by atomic mass is 35.5. The van der Waals surface area contributed by atoms with Crippen molar-refractivity contribution in [3.63, 3.8) is 0 Å². The Morgan fingerprint density at radius 2 is 1.96 bits per heavy atom. The summed E-state index contributed by atoms with van der Waals surface area (Å²) in [5.74, 6) is -0.317. The van der Waals surface area contributed by atoms with Crippen molar-refractivity contribution in [2.24, 2.45) is 0 Å². The number of halogens is 1. The summed E-state index contributed by atoms with van der Waals surface area (Å²) in [5, 5.41) is 6.98. The summed E-state index contributed by atoms with van der Waals surface area (Å²) < 4.78 is 0. The minimum atomic E-state index is -0.349. The topological polar surface area (TPSA) is 77.2 Å². The average Bonchev–Trinajstić information content (AvgIpc) is 2.55. The quantitative estimate of drug-likeness (QED) is 0.763. The van der Waals surface area contributed by atoms with Crippen molar-refractivity contribution >= 4 is 29.2 Å². The number of nitrogens with one attached hydrogen (secondary N) is 3. The van der Waals surface area contributed by atoms with Crippen LogP contribution in [0.5, 0.6) is 0 Å². The average molecular weight is 337 g/mol. The molecule has 1 aliphatic heterocycles. The number of carbonyl (C=O) groups is 1. The van der Waals surface area contributed by atoms with E-state index >= 15 is 0 Å². The number of aromatic amines is 1. The summed E-state index contributed by atoms with van der Waals surface area (Å²) in [6, 6.07) is 9.08. The lowest BCUT2D eigenvalue weighted by Gasteiger charge is -2.27. The highest BCUT2D eigenvalue weighted by molar-refractivity contribution is 5.97. The fraction of sp³-hybridized carbons (Fsp3) is 0.375. The molecule has 1 fully saturated rings. The summed E-state index contributed by atoms with van der Waals surface area (Å²) >= 11 is 0. The molecule has 0 aliphatic carbocycles. The van der Waals surface area contributed by atoms with Gasteiger partial charge in [-0.3, -0.25) is 14.5 Å². The second-order valence-corrected chi connectivity index (χ2v) is 5.45. The van der Waals surface area contributed by atoms with E-state index in [-0.39, 0.29) is 29.4 Å². The molecule has 2 heterocycles. The highest BCUT2D eigenvalue weighted by Crippen LogP contribution is 2.09. The highest BCUT2D eigenvalue weighted by Gasteiger charge is 2.13. The van der Waals surface area contributed by atoms with Gasteiger partial charge in [-0.1, -0.05) is 18.2 Å². The van der Waals surface area contributed by atoms with E-state index in [1.54, 1.807) is 6.07 Å². The van der Waals surface area contributed by atoms with Gasteiger partial charge in [0, 0.05) is 44.8 Å². The number of para-hydroxylation sites is 1. The van der Waals surface area contributed by atoms with Gasteiger partial charge in [0.25, 0.3) is 11.5 Å². The predicted molar refractivity (Wildman–Crippen MR) is 93.5 cm³/mol. The third-order valence-electron chi connectivity index (χ3n) is 3.92. The number of pyridine rings is 1. The van der Waals surface area contributed by atoms with Crippen LogP contribution >= 0.6 is 12.4 Å². The lowest BCUT2D eigenvalue weighted by atomic mass is 10.1. The molecule has 3 N–H and O–H groups in total. The smallest absolute Gasteiger partial charge is 0.261 e. The van der Waals surface area contributed by atoms with Crippen LogP contribution in [-0.4, -0.2) is 55.1 Å². The van der Waals surface area contributed by atoms with Gasteiger partial charge < -0.3 is 15.6 Å². The summed E-state index contributed by atoms with van der Waals surface area (Å²) in [6.45, 7) is 5.31. The Hall–Kier alpha value is -1.89. The number of piperazine rings is 1. The van der Waals surface area contributed by atoms with E-state index in [1.807, 2.05) is 24.3 Å². The van der Waals surface area contributed by atoms with E-state index in [9.17, 15) is 9.59 Å². The number of hydrogen-bond donors (Lipinski definition) is 3. The molecule has 0 saturated carbocycles. The molecule has 7 heteroatoms. The number of hydrogen-bond acceptors (Lipinski definition) is 4. The summed E-state index contributed by atoms with van der Waals surface area (Å²) in [7, 11) is 0. The molecule has 0 atom stereocenters. The Bertz CT molecular complexity index is 725. The summed E-state index contributed by atoms with van der Waals surface area (Å²) in [5.41, 5.74) is 0.558. The Kier molecular flexibility index (Phi) is 6.15.